The normalized spacial score (nSPS) is 12.9. The number of guanidine groups is 1. The van der Waals surface area contributed by atoms with Crippen LogP contribution in [0.4, 0.5) is 0 Å². The quantitative estimate of drug-likeness (QED) is 0.392. The minimum Gasteiger partial charge on any atom is -0.462 e. The Morgan fingerprint density at radius 3 is 2.71 bits per heavy atom. The lowest BCUT2D eigenvalue weighted by Gasteiger charge is -2.15. The number of aromatic nitrogens is 2. The van der Waals surface area contributed by atoms with Crippen molar-refractivity contribution in [3.8, 4) is 0 Å². The number of carbonyl (C=O) groups excluding carboxylic acids is 1. The Bertz CT molecular complexity index is 812. The van der Waals surface area contributed by atoms with Crippen LogP contribution in [0.15, 0.2) is 15.6 Å². The predicted molar refractivity (Wildman–Crippen MR) is 110 cm³/mol. The van der Waals surface area contributed by atoms with Crippen LogP contribution in [0.1, 0.15) is 78.4 Å². The minimum absolute atomic E-state index is 0.120. The van der Waals surface area contributed by atoms with Gasteiger partial charge in [-0.15, -0.1) is 11.3 Å². The summed E-state index contributed by atoms with van der Waals surface area (Å²) in [5.74, 6) is 1.34. The number of hydrogen-bond acceptors (Lipinski definition) is 7. The van der Waals surface area contributed by atoms with Gasteiger partial charge < -0.3 is 19.9 Å². The number of carbonyl (C=O) groups is 1. The highest BCUT2D eigenvalue weighted by Gasteiger charge is 2.20. The standard InChI is InChI=1S/C19H29N5O3S/c1-7-20-19(21-10-14-9-15(11(3)4)24-27-14)23-13(6)17-22-12(5)16(28-17)18(25)26-8-2/h9,11,13H,7-8,10H2,1-6H3,(H2,20,21,23). The Kier molecular flexibility index (Phi) is 7.98. The Balaban J connectivity index is 2.08. The van der Waals surface area contributed by atoms with E-state index in [1.165, 1.54) is 11.3 Å². The van der Waals surface area contributed by atoms with Gasteiger partial charge in [-0.25, -0.2) is 14.8 Å². The smallest absolute Gasteiger partial charge is 0.350 e. The number of nitrogens with one attached hydrogen (secondary N) is 2. The molecule has 0 radical (unpaired) electrons. The van der Waals surface area contributed by atoms with Gasteiger partial charge in [0, 0.05) is 12.6 Å². The van der Waals surface area contributed by atoms with Crippen LogP contribution in [0, 0.1) is 6.92 Å². The van der Waals surface area contributed by atoms with Gasteiger partial charge in [-0.3, -0.25) is 0 Å². The number of thiazole rings is 1. The summed E-state index contributed by atoms with van der Waals surface area (Å²) in [5.41, 5.74) is 1.60. The maximum Gasteiger partial charge on any atom is 0.350 e. The first-order valence-corrected chi connectivity index (χ1v) is 10.3. The number of ether oxygens (including phenoxy) is 1. The molecule has 0 aromatic carbocycles. The average molecular weight is 408 g/mol. The molecule has 2 rings (SSSR count). The topological polar surface area (TPSA) is 102 Å². The van der Waals surface area contributed by atoms with Crippen LogP contribution in [-0.2, 0) is 11.3 Å². The molecule has 154 valence electrons. The van der Waals surface area contributed by atoms with E-state index < -0.39 is 0 Å². The molecular weight excluding hydrogens is 378 g/mol. The molecule has 0 aliphatic carbocycles. The zero-order valence-corrected chi connectivity index (χ0v) is 18.1. The Labute approximate surface area is 169 Å². The molecule has 8 nitrogen and oxygen atoms in total. The van der Waals surface area contributed by atoms with Crippen molar-refractivity contribution in [2.24, 2.45) is 4.99 Å². The maximum absolute atomic E-state index is 12.0. The molecule has 0 aliphatic rings. The third-order valence-electron chi connectivity index (χ3n) is 3.90. The minimum atomic E-state index is -0.331. The zero-order valence-electron chi connectivity index (χ0n) is 17.3. The van der Waals surface area contributed by atoms with Gasteiger partial charge >= 0.3 is 5.97 Å². The molecule has 0 saturated heterocycles. The highest BCUT2D eigenvalue weighted by molar-refractivity contribution is 7.13. The first kappa shape index (κ1) is 21.9. The molecule has 28 heavy (non-hydrogen) atoms. The van der Waals surface area contributed by atoms with Gasteiger partial charge in [-0.05, 0) is 33.6 Å². The van der Waals surface area contributed by atoms with Gasteiger partial charge in [-0.1, -0.05) is 19.0 Å². The molecule has 2 aromatic rings. The third kappa shape index (κ3) is 5.79. The molecule has 0 saturated carbocycles. The summed E-state index contributed by atoms with van der Waals surface area (Å²) in [5, 5.41) is 11.4. The monoisotopic (exact) mass is 407 g/mol. The molecule has 1 atom stereocenters. The second-order valence-electron chi connectivity index (χ2n) is 6.62. The summed E-state index contributed by atoms with van der Waals surface area (Å²) in [7, 11) is 0. The van der Waals surface area contributed by atoms with E-state index in [0.29, 0.717) is 41.4 Å². The van der Waals surface area contributed by atoms with Crippen LogP contribution in [0.3, 0.4) is 0 Å². The van der Waals surface area contributed by atoms with Crippen molar-refractivity contribution in [3.05, 3.63) is 33.1 Å². The van der Waals surface area contributed by atoms with E-state index in [-0.39, 0.29) is 12.0 Å². The number of nitrogens with zero attached hydrogens (tertiary/aromatic N) is 3. The summed E-state index contributed by atoms with van der Waals surface area (Å²) in [6, 6.07) is 1.81. The van der Waals surface area contributed by atoms with E-state index in [0.717, 1.165) is 17.2 Å². The van der Waals surface area contributed by atoms with E-state index in [4.69, 9.17) is 9.26 Å². The maximum atomic E-state index is 12.0. The fraction of sp³-hybridized carbons (Fsp3) is 0.579. The molecule has 0 amide bonds. The van der Waals surface area contributed by atoms with Gasteiger partial charge in [0.05, 0.1) is 24.0 Å². The number of rotatable bonds is 8. The number of hydrogen-bond donors (Lipinski definition) is 2. The van der Waals surface area contributed by atoms with Crippen molar-refractivity contribution in [2.45, 2.75) is 60.0 Å². The lowest BCUT2D eigenvalue weighted by molar-refractivity contribution is 0.0531. The Morgan fingerprint density at radius 2 is 2.11 bits per heavy atom. The largest absolute Gasteiger partial charge is 0.462 e. The first-order chi connectivity index (χ1) is 13.3. The Hall–Kier alpha value is -2.42. The summed E-state index contributed by atoms with van der Waals surface area (Å²) in [4.78, 5) is 21.6. The fourth-order valence-corrected chi connectivity index (χ4v) is 3.37. The SMILES string of the molecule is CCNC(=NCc1cc(C(C)C)no1)NC(C)c1nc(C)c(C(=O)OCC)s1. The molecule has 1 unspecified atom stereocenters. The van der Waals surface area contributed by atoms with Crippen LogP contribution >= 0.6 is 11.3 Å². The second-order valence-corrected chi connectivity index (χ2v) is 7.65. The predicted octanol–water partition coefficient (Wildman–Crippen LogP) is 3.56. The summed E-state index contributed by atoms with van der Waals surface area (Å²) in [6.45, 7) is 13.2. The molecule has 9 heteroatoms. The Morgan fingerprint density at radius 1 is 1.36 bits per heavy atom. The lowest BCUT2D eigenvalue weighted by atomic mass is 10.1. The molecule has 0 bridgehead atoms. The summed E-state index contributed by atoms with van der Waals surface area (Å²) >= 11 is 1.34. The van der Waals surface area contributed by atoms with E-state index in [9.17, 15) is 4.79 Å². The molecule has 2 aromatic heterocycles. The molecular formula is C19H29N5O3S. The third-order valence-corrected chi connectivity index (χ3v) is 5.22. The number of aliphatic imine (C=N–C) groups is 1. The average Bonchev–Trinajstić information content (AvgIpc) is 3.27. The van der Waals surface area contributed by atoms with Crippen LogP contribution in [0.2, 0.25) is 0 Å². The van der Waals surface area contributed by atoms with Crippen molar-refractivity contribution >= 4 is 23.3 Å². The molecule has 2 N–H and O–H groups in total. The van der Waals surface area contributed by atoms with Gasteiger partial charge in [0.2, 0.25) is 0 Å². The first-order valence-electron chi connectivity index (χ1n) is 9.50. The van der Waals surface area contributed by atoms with Crippen molar-refractivity contribution in [1.29, 1.82) is 0 Å². The van der Waals surface area contributed by atoms with Crippen molar-refractivity contribution in [1.82, 2.24) is 20.8 Å². The van der Waals surface area contributed by atoms with Gasteiger partial charge in [-0.2, -0.15) is 0 Å². The number of esters is 1. The molecule has 0 spiro atoms. The lowest BCUT2D eigenvalue weighted by Crippen LogP contribution is -2.38. The highest BCUT2D eigenvalue weighted by atomic mass is 32.1. The van der Waals surface area contributed by atoms with Gasteiger partial charge in [0.25, 0.3) is 0 Å². The van der Waals surface area contributed by atoms with Crippen molar-refractivity contribution in [2.75, 3.05) is 13.2 Å². The van der Waals surface area contributed by atoms with Gasteiger partial charge in [0.15, 0.2) is 11.7 Å². The zero-order chi connectivity index (χ0) is 20.7. The molecule has 0 aliphatic heterocycles. The van der Waals surface area contributed by atoms with Crippen LogP contribution < -0.4 is 10.6 Å². The highest BCUT2D eigenvalue weighted by Crippen LogP contribution is 2.24. The van der Waals surface area contributed by atoms with Gasteiger partial charge in [0.1, 0.15) is 16.4 Å². The second kappa shape index (κ2) is 10.2. The summed E-state index contributed by atoms with van der Waals surface area (Å²) < 4.78 is 10.4. The van der Waals surface area contributed by atoms with Crippen LogP contribution in [-0.4, -0.2) is 35.2 Å². The molecule has 0 fully saturated rings. The number of aryl methyl sites for hydroxylation is 1. The van der Waals surface area contributed by atoms with Crippen LogP contribution in [0.25, 0.3) is 0 Å². The van der Waals surface area contributed by atoms with Crippen molar-refractivity contribution < 1.29 is 14.1 Å². The summed E-state index contributed by atoms with van der Waals surface area (Å²) in [6.07, 6.45) is 0. The van der Waals surface area contributed by atoms with Crippen LogP contribution in [0.5, 0.6) is 0 Å². The fourth-order valence-electron chi connectivity index (χ4n) is 2.41. The van der Waals surface area contributed by atoms with E-state index >= 15 is 0 Å². The van der Waals surface area contributed by atoms with E-state index in [1.54, 1.807) is 6.92 Å². The van der Waals surface area contributed by atoms with E-state index in [1.807, 2.05) is 26.8 Å². The van der Waals surface area contributed by atoms with Crippen molar-refractivity contribution in [3.63, 3.8) is 0 Å². The molecule has 2 heterocycles. The van der Waals surface area contributed by atoms with E-state index in [2.05, 4.69) is 39.6 Å².